The number of ether oxygens (including phenoxy) is 1. The molecule has 0 atom stereocenters. The fourth-order valence-electron chi connectivity index (χ4n) is 5.08. The molecular weight excluding hydrogens is 535 g/mol. The number of benzene rings is 2. The molecule has 2 aliphatic heterocycles. The molecule has 2 aromatic carbocycles. The molecule has 4 aromatic rings. The number of anilines is 3. The third kappa shape index (κ3) is 5.60. The van der Waals surface area contributed by atoms with Gasteiger partial charge in [0.2, 0.25) is 5.95 Å². The maximum absolute atomic E-state index is 14.8. The zero-order valence-corrected chi connectivity index (χ0v) is 22.7. The van der Waals surface area contributed by atoms with E-state index in [2.05, 4.69) is 37.6 Å². The van der Waals surface area contributed by atoms with Crippen LogP contribution in [0.2, 0.25) is 5.02 Å². The highest BCUT2D eigenvalue weighted by Crippen LogP contribution is 2.30. The van der Waals surface area contributed by atoms with E-state index in [-0.39, 0.29) is 27.7 Å². The summed E-state index contributed by atoms with van der Waals surface area (Å²) in [4.78, 5) is 31.2. The van der Waals surface area contributed by atoms with Crippen LogP contribution in [-0.4, -0.2) is 60.7 Å². The molecule has 2 aromatic heterocycles. The van der Waals surface area contributed by atoms with Crippen LogP contribution >= 0.6 is 11.6 Å². The molecule has 2 fully saturated rings. The van der Waals surface area contributed by atoms with E-state index < -0.39 is 11.4 Å². The highest BCUT2D eigenvalue weighted by molar-refractivity contribution is 6.33. The lowest BCUT2D eigenvalue weighted by atomic mass is 10.0. The molecule has 0 bridgehead atoms. The predicted molar refractivity (Wildman–Crippen MR) is 154 cm³/mol. The van der Waals surface area contributed by atoms with Gasteiger partial charge in [-0.05, 0) is 61.2 Å². The van der Waals surface area contributed by atoms with Crippen molar-refractivity contribution in [3.63, 3.8) is 0 Å². The standard InChI is InChI=1S/C29H30ClFN6O3/c30-24-2-1-3-25(31)26(24)23-16-20-17-33-29(34-21-4-6-22(7-5-21)36-12-10-32-11-13-36)35-27(20)37(28(23)38)40-18-19-8-14-39-15-9-19/h1-7,16-17,19,32H,8-15,18H2,(H,33,34,35). The van der Waals surface area contributed by atoms with Crippen LogP contribution in [0.15, 0.2) is 59.5 Å². The van der Waals surface area contributed by atoms with E-state index >= 15 is 0 Å². The first-order valence-corrected chi connectivity index (χ1v) is 13.9. The van der Waals surface area contributed by atoms with Gasteiger partial charge in [-0.3, -0.25) is 4.79 Å². The molecule has 0 radical (unpaired) electrons. The Morgan fingerprint density at radius 1 is 1.12 bits per heavy atom. The average molecular weight is 565 g/mol. The van der Waals surface area contributed by atoms with E-state index in [9.17, 15) is 9.18 Å². The first-order chi connectivity index (χ1) is 19.6. The molecule has 0 aliphatic carbocycles. The quantitative estimate of drug-likeness (QED) is 0.344. The van der Waals surface area contributed by atoms with Crippen molar-refractivity contribution in [2.45, 2.75) is 12.8 Å². The van der Waals surface area contributed by atoms with Crippen LogP contribution in [0.4, 0.5) is 21.7 Å². The highest BCUT2D eigenvalue weighted by Gasteiger charge is 2.21. The fraction of sp³-hybridized carbons (Fsp3) is 0.345. The summed E-state index contributed by atoms with van der Waals surface area (Å²) in [7, 11) is 0. The van der Waals surface area contributed by atoms with Gasteiger partial charge in [0.05, 0.1) is 10.6 Å². The first kappa shape index (κ1) is 26.5. The Bertz CT molecular complexity index is 1530. The lowest BCUT2D eigenvalue weighted by Crippen LogP contribution is -2.43. The van der Waals surface area contributed by atoms with Crippen molar-refractivity contribution < 1.29 is 14.0 Å². The zero-order chi connectivity index (χ0) is 27.5. The van der Waals surface area contributed by atoms with Crippen molar-refractivity contribution in [3.8, 4) is 11.1 Å². The molecule has 2 aliphatic rings. The van der Waals surface area contributed by atoms with Crippen molar-refractivity contribution in [2.24, 2.45) is 5.92 Å². The normalized spacial score (nSPS) is 16.3. The number of hydrogen-bond donors (Lipinski definition) is 2. The van der Waals surface area contributed by atoms with Gasteiger partial charge in [-0.1, -0.05) is 17.7 Å². The summed E-state index contributed by atoms with van der Waals surface area (Å²) in [5.41, 5.74) is 1.80. The smallest absolute Gasteiger partial charge is 0.293 e. The number of fused-ring (bicyclic) bond motifs is 1. The van der Waals surface area contributed by atoms with Gasteiger partial charge in [-0.2, -0.15) is 4.98 Å². The van der Waals surface area contributed by atoms with Gasteiger partial charge in [0.25, 0.3) is 5.56 Å². The van der Waals surface area contributed by atoms with Crippen molar-refractivity contribution in [1.82, 2.24) is 20.0 Å². The van der Waals surface area contributed by atoms with E-state index in [1.807, 2.05) is 12.1 Å². The number of pyridine rings is 1. The molecule has 0 saturated carbocycles. The SMILES string of the molecule is O=c1c(-c2c(F)cccc2Cl)cc2cnc(Nc3ccc(N4CCNCC4)cc3)nc2n1OCC1CCOCC1. The van der Waals surface area contributed by atoms with Crippen LogP contribution < -0.4 is 25.9 Å². The number of halogens is 2. The monoisotopic (exact) mass is 564 g/mol. The highest BCUT2D eigenvalue weighted by atomic mass is 35.5. The average Bonchev–Trinajstić information content (AvgIpc) is 2.98. The number of piperazine rings is 1. The Labute approximate surface area is 235 Å². The summed E-state index contributed by atoms with van der Waals surface area (Å²) in [6, 6.07) is 14.0. The number of rotatable bonds is 7. The van der Waals surface area contributed by atoms with Crippen LogP contribution in [0.5, 0.6) is 0 Å². The van der Waals surface area contributed by atoms with Crippen molar-refractivity contribution in [3.05, 3.63) is 75.9 Å². The third-order valence-electron chi connectivity index (χ3n) is 7.32. The first-order valence-electron chi connectivity index (χ1n) is 13.5. The molecule has 208 valence electrons. The second kappa shape index (κ2) is 11.8. The number of nitrogens with one attached hydrogen (secondary N) is 2. The minimum Gasteiger partial charge on any atom is -0.408 e. The fourth-order valence-corrected chi connectivity index (χ4v) is 5.35. The Morgan fingerprint density at radius 3 is 2.65 bits per heavy atom. The largest absolute Gasteiger partial charge is 0.408 e. The van der Waals surface area contributed by atoms with Crippen molar-refractivity contribution in [1.29, 1.82) is 0 Å². The van der Waals surface area contributed by atoms with E-state index in [1.54, 1.807) is 18.3 Å². The summed E-state index contributed by atoms with van der Waals surface area (Å²) < 4.78 is 21.4. The molecule has 4 heterocycles. The molecule has 2 N–H and O–H groups in total. The van der Waals surface area contributed by atoms with E-state index in [0.717, 1.165) is 55.1 Å². The van der Waals surface area contributed by atoms with E-state index in [4.69, 9.17) is 21.2 Å². The molecule has 11 heteroatoms. The van der Waals surface area contributed by atoms with Crippen LogP contribution in [0.25, 0.3) is 22.2 Å². The number of hydrogen-bond acceptors (Lipinski definition) is 8. The second-order valence-corrected chi connectivity index (χ2v) is 10.4. The molecule has 0 amide bonds. The molecule has 9 nitrogen and oxygen atoms in total. The Morgan fingerprint density at radius 2 is 1.90 bits per heavy atom. The van der Waals surface area contributed by atoms with E-state index in [0.29, 0.717) is 31.2 Å². The molecule has 40 heavy (non-hydrogen) atoms. The lowest BCUT2D eigenvalue weighted by molar-refractivity contribution is 0.0153. The van der Waals surface area contributed by atoms with Crippen LogP contribution in [0.1, 0.15) is 12.8 Å². The molecule has 0 spiro atoms. The maximum atomic E-state index is 14.8. The van der Waals surface area contributed by atoms with Gasteiger partial charge in [0.1, 0.15) is 12.4 Å². The topological polar surface area (TPSA) is 93.5 Å². The minimum atomic E-state index is -0.594. The third-order valence-corrected chi connectivity index (χ3v) is 7.64. The zero-order valence-electron chi connectivity index (χ0n) is 21.9. The van der Waals surface area contributed by atoms with Gasteiger partial charge in [0, 0.05) is 67.9 Å². The van der Waals surface area contributed by atoms with Gasteiger partial charge >= 0.3 is 0 Å². The van der Waals surface area contributed by atoms with Crippen LogP contribution in [0.3, 0.4) is 0 Å². The Kier molecular flexibility index (Phi) is 7.81. The van der Waals surface area contributed by atoms with Crippen LogP contribution in [0, 0.1) is 11.7 Å². The number of aromatic nitrogens is 3. The van der Waals surface area contributed by atoms with Crippen LogP contribution in [-0.2, 0) is 4.74 Å². The molecular formula is C29H30ClFN6O3. The molecule has 6 rings (SSSR count). The minimum absolute atomic E-state index is 0.0197. The van der Waals surface area contributed by atoms with Gasteiger partial charge in [-0.15, -0.1) is 4.73 Å². The van der Waals surface area contributed by atoms with Crippen molar-refractivity contribution in [2.75, 3.05) is 56.2 Å². The molecule has 0 unspecified atom stereocenters. The summed E-state index contributed by atoms with van der Waals surface area (Å²) >= 11 is 6.32. The lowest BCUT2D eigenvalue weighted by Gasteiger charge is -2.29. The van der Waals surface area contributed by atoms with E-state index in [1.165, 1.54) is 12.1 Å². The summed E-state index contributed by atoms with van der Waals surface area (Å²) in [5.74, 6) is -0.0599. The van der Waals surface area contributed by atoms with Gasteiger partial charge < -0.3 is 25.1 Å². The Hall–Kier alpha value is -3.73. The molecule has 2 saturated heterocycles. The Balaban J connectivity index is 1.34. The van der Waals surface area contributed by atoms with Gasteiger partial charge in [0.15, 0.2) is 5.65 Å². The number of nitrogens with zero attached hydrogens (tertiary/aromatic N) is 4. The maximum Gasteiger partial charge on any atom is 0.293 e. The summed E-state index contributed by atoms with van der Waals surface area (Å²) in [6.45, 7) is 5.46. The predicted octanol–water partition coefficient (Wildman–Crippen LogP) is 4.26. The summed E-state index contributed by atoms with van der Waals surface area (Å²) in [6.07, 6.45) is 3.25. The van der Waals surface area contributed by atoms with Crippen molar-refractivity contribution >= 4 is 40.0 Å². The summed E-state index contributed by atoms with van der Waals surface area (Å²) in [5, 5.41) is 7.23. The van der Waals surface area contributed by atoms with Gasteiger partial charge in [-0.25, -0.2) is 9.37 Å². The second-order valence-electron chi connectivity index (χ2n) is 9.99.